The van der Waals surface area contributed by atoms with Crippen molar-refractivity contribution >= 4 is 29.4 Å². The van der Waals surface area contributed by atoms with Crippen LogP contribution >= 0.6 is 0 Å². The lowest BCUT2D eigenvalue weighted by molar-refractivity contribution is -0.141. The number of nitrogens with one attached hydrogen (secondary N) is 4. The molecule has 1 saturated heterocycles. The van der Waals surface area contributed by atoms with Gasteiger partial charge >= 0.3 is 6.61 Å². The Hall–Kier alpha value is -3.57. The molecule has 1 aliphatic heterocycles. The largest absolute Gasteiger partial charge is 0.435 e. The van der Waals surface area contributed by atoms with E-state index in [9.17, 15) is 32.8 Å². The zero-order valence-corrected chi connectivity index (χ0v) is 23.9. The van der Waals surface area contributed by atoms with E-state index in [-0.39, 0.29) is 42.9 Å². The maximum absolute atomic E-state index is 13.5. The lowest BCUT2D eigenvalue weighted by Gasteiger charge is -2.28. The number of ketones is 1. The molecule has 1 aromatic carbocycles. The van der Waals surface area contributed by atoms with E-state index in [1.54, 1.807) is 19.1 Å². The molecule has 1 heterocycles. The molecule has 226 valence electrons. The van der Waals surface area contributed by atoms with Crippen LogP contribution in [0.3, 0.4) is 0 Å². The third-order valence-corrected chi connectivity index (χ3v) is 7.06. The van der Waals surface area contributed by atoms with Crippen LogP contribution in [0.2, 0.25) is 0 Å². The highest BCUT2D eigenvalue weighted by Gasteiger charge is 2.37. The molecule has 0 bridgehead atoms. The van der Waals surface area contributed by atoms with Crippen molar-refractivity contribution in [2.24, 2.45) is 11.3 Å². The van der Waals surface area contributed by atoms with Crippen molar-refractivity contribution in [3.05, 3.63) is 29.8 Å². The number of Topliss-reactive ketones (excluding diaryl/α,β-unsaturated/α-hetero) is 1. The molecule has 1 aromatic rings. The van der Waals surface area contributed by atoms with Crippen LogP contribution in [0.15, 0.2) is 24.3 Å². The Morgan fingerprint density at radius 1 is 1.07 bits per heavy atom. The number of benzene rings is 1. The molecule has 1 saturated carbocycles. The van der Waals surface area contributed by atoms with E-state index >= 15 is 0 Å². The summed E-state index contributed by atoms with van der Waals surface area (Å²) < 4.78 is 29.7. The first-order valence-electron chi connectivity index (χ1n) is 14.0. The van der Waals surface area contributed by atoms with E-state index in [0.717, 1.165) is 12.8 Å². The molecule has 0 aromatic heterocycles. The van der Waals surface area contributed by atoms with Crippen LogP contribution in [-0.2, 0) is 24.0 Å². The molecule has 2 aliphatic rings. The summed E-state index contributed by atoms with van der Waals surface area (Å²) in [6.07, 6.45) is 2.20. The van der Waals surface area contributed by atoms with Crippen LogP contribution in [0, 0.1) is 11.3 Å². The Bertz CT molecular complexity index is 1130. The van der Waals surface area contributed by atoms with Crippen LogP contribution in [-0.4, -0.2) is 60.7 Å². The van der Waals surface area contributed by atoms with Crippen LogP contribution in [0.5, 0.6) is 5.75 Å². The Morgan fingerprint density at radius 3 is 2.37 bits per heavy atom. The summed E-state index contributed by atoms with van der Waals surface area (Å²) in [5.41, 5.74) is 0.216. The van der Waals surface area contributed by atoms with E-state index < -0.39 is 53.5 Å². The van der Waals surface area contributed by atoms with E-state index in [0.29, 0.717) is 18.5 Å². The van der Waals surface area contributed by atoms with Crippen molar-refractivity contribution in [1.82, 2.24) is 21.3 Å². The van der Waals surface area contributed by atoms with Gasteiger partial charge in [0.15, 0.2) is 0 Å². The molecule has 3 rings (SSSR count). The summed E-state index contributed by atoms with van der Waals surface area (Å²) in [6, 6.07) is 3.76. The van der Waals surface area contributed by atoms with Gasteiger partial charge in [-0.1, -0.05) is 39.8 Å². The quantitative estimate of drug-likeness (QED) is 0.250. The minimum atomic E-state index is -2.97. The molecule has 10 nitrogen and oxygen atoms in total. The van der Waals surface area contributed by atoms with Gasteiger partial charge in [0.1, 0.15) is 11.8 Å². The topological polar surface area (TPSA) is 143 Å². The number of halogens is 2. The van der Waals surface area contributed by atoms with Gasteiger partial charge in [0, 0.05) is 24.9 Å². The number of rotatable bonds is 14. The molecule has 4 N–H and O–H groups in total. The second kappa shape index (κ2) is 13.9. The minimum Gasteiger partial charge on any atom is -0.435 e. The van der Waals surface area contributed by atoms with Crippen LogP contribution in [0.25, 0.3) is 0 Å². The fourth-order valence-corrected chi connectivity index (χ4v) is 4.77. The van der Waals surface area contributed by atoms with Gasteiger partial charge in [0.2, 0.25) is 23.5 Å². The maximum Gasteiger partial charge on any atom is 0.387 e. The Morgan fingerprint density at radius 2 is 1.78 bits per heavy atom. The summed E-state index contributed by atoms with van der Waals surface area (Å²) >= 11 is 0. The number of carbonyl (C=O) groups excluding carboxylic acids is 5. The highest BCUT2D eigenvalue weighted by Crippen LogP contribution is 2.26. The van der Waals surface area contributed by atoms with Gasteiger partial charge in [0.05, 0.1) is 6.04 Å². The van der Waals surface area contributed by atoms with Crippen LogP contribution in [0.4, 0.5) is 8.78 Å². The Kier molecular flexibility index (Phi) is 10.8. The van der Waals surface area contributed by atoms with Crippen molar-refractivity contribution in [1.29, 1.82) is 0 Å². The van der Waals surface area contributed by atoms with Crippen LogP contribution in [0.1, 0.15) is 77.7 Å². The van der Waals surface area contributed by atoms with Gasteiger partial charge in [-0.3, -0.25) is 24.0 Å². The maximum atomic E-state index is 13.5. The van der Waals surface area contributed by atoms with Gasteiger partial charge < -0.3 is 26.0 Å². The van der Waals surface area contributed by atoms with Gasteiger partial charge in [-0.25, -0.2) is 0 Å². The summed E-state index contributed by atoms with van der Waals surface area (Å²) in [7, 11) is 0. The highest BCUT2D eigenvalue weighted by atomic mass is 19.3. The molecule has 1 aliphatic carbocycles. The lowest BCUT2D eigenvalue weighted by Crippen LogP contribution is -2.55. The van der Waals surface area contributed by atoms with Gasteiger partial charge in [-0.05, 0) is 61.1 Å². The third kappa shape index (κ3) is 10.4. The number of carbonyl (C=O) groups is 5. The molecule has 1 unspecified atom stereocenters. The van der Waals surface area contributed by atoms with E-state index in [4.69, 9.17) is 0 Å². The average molecular weight is 579 g/mol. The van der Waals surface area contributed by atoms with Crippen molar-refractivity contribution in [2.45, 2.75) is 96.9 Å². The Balaban J connectivity index is 1.71. The number of hydrogen-bond acceptors (Lipinski definition) is 6. The molecule has 4 amide bonds. The third-order valence-electron chi connectivity index (χ3n) is 7.06. The second-order valence-corrected chi connectivity index (χ2v) is 12.1. The number of alkyl halides is 2. The monoisotopic (exact) mass is 578 g/mol. The van der Waals surface area contributed by atoms with Crippen molar-refractivity contribution in [3.8, 4) is 5.75 Å². The first kappa shape index (κ1) is 32.0. The smallest absolute Gasteiger partial charge is 0.387 e. The first-order valence-corrected chi connectivity index (χ1v) is 14.0. The van der Waals surface area contributed by atoms with Crippen molar-refractivity contribution in [2.75, 3.05) is 6.54 Å². The van der Waals surface area contributed by atoms with Crippen molar-refractivity contribution < 1.29 is 37.5 Å². The zero-order chi connectivity index (χ0) is 30.3. The summed E-state index contributed by atoms with van der Waals surface area (Å²) in [4.78, 5) is 64.3. The van der Waals surface area contributed by atoms with E-state index in [1.807, 2.05) is 20.8 Å². The summed E-state index contributed by atoms with van der Waals surface area (Å²) in [5.74, 6) is -3.89. The molecule has 0 radical (unpaired) electrons. The first-order chi connectivity index (χ1) is 19.2. The molecule has 2 fully saturated rings. The predicted molar refractivity (Wildman–Crippen MR) is 146 cm³/mol. The fraction of sp³-hybridized carbons (Fsp3) is 0.621. The van der Waals surface area contributed by atoms with Gasteiger partial charge in [0.25, 0.3) is 5.91 Å². The SMILES string of the molecule is C[C@H](CC(=O)N[C@@H](CC(C)(C)C)C(=O)NC(C[C@@H]1CCNC1=O)C(=O)C(=O)NC1CC1)c1cccc(OC(F)F)c1. The zero-order valence-electron chi connectivity index (χ0n) is 23.9. The lowest BCUT2D eigenvalue weighted by atomic mass is 9.87. The molecular formula is C29H40F2N4O6. The van der Waals surface area contributed by atoms with Crippen molar-refractivity contribution in [3.63, 3.8) is 0 Å². The summed E-state index contributed by atoms with van der Waals surface area (Å²) in [6.45, 7) is 4.91. The normalized spacial score (nSPS) is 19.1. The minimum absolute atomic E-state index is 0.0212. The molecule has 41 heavy (non-hydrogen) atoms. The summed E-state index contributed by atoms with van der Waals surface area (Å²) in [5, 5.41) is 10.7. The molecular weight excluding hydrogens is 538 g/mol. The van der Waals surface area contributed by atoms with E-state index in [2.05, 4.69) is 26.0 Å². The van der Waals surface area contributed by atoms with Gasteiger partial charge in [-0.15, -0.1) is 0 Å². The molecule has 4 atom stereocenters. The molecule has 0 spiro atoms. The number of amides is 4. The molecule has 12 heteroatoms. The second-order valence-electron chi connectivity index (χ2n) is 12.1. The number of hydrogen-bond donors (Lipinski definition) is 4. The highest BCUT2D eigenvalue weighted by molar-refractivity contribution is 6.38. The standard InChI is InChI=1S/C29H40F2N4O6/c1-16(17-6-5-7-20(13-17)41-28(30)31)12-23(36)34-22(15-29(2,3)4)26(39)35-21(14-18-10-11-32-25(18)38)24(37)27(40)33-19-8-9-19/h5-7,13,16,18-19,21-22,28H,8-12,14-15H2,1-4H3,(H,32,38)(H,33,40)(H,34,36)(H,35,39)/t16-,18+,21?,22+/m1/s1. The number of ether oxygens (including phenoxy) is 1. The van der Waals surface area contributed by atoms with Gasteiger partial charge in [-0.2, -0.15) is 8.78 Å². The predicted octanol–water partition coefficient (Wildman–Crippen LogP) is 2.56. The van der Waals surface area contributed by atoms with Crippen LogP contribution < -0.4 is 26.0 Å². The van der Waals surface area contributed by atoms with E-state index in [1.165, 1.54) is 12.1 Å². The fourth-order valence-electron chi connectivity index (χ4n) is 4.77. The average Bonchev–Trinajstić information content (AvgIpc) is 3.60. The Labute approximate surface area is 238 Å².